The maximum absolute atomic E-state index is 6.58. The number of hydrogen-bond acceptors (Lipinski definition) is 3. The summed E-state index contributed by atoms with van der Waals surface area (Å²) in [6.45, 7) is 2.84. The van der Waals surface area contributed by atoms with Gasteiger partial charge in [0.25, 0.3) is 0 Å². The second kappa shape index (κ2) is 7.09. The van der Waals surface area contributed by atoms with Crippen molar-refractivity contribution in [2.24, 2.45) is 5.73 Å². The number of ether oxygens (including phenoxy) is 2. The van der Waals surface area contributed by atoms with Gasteiger partial charge in [0, 0.05) is 12.7 Å². The summed E-state index contributed by atoms with van der Waals surface area (Å²) in [5, 5.41) is 0. The van der Waals surface area contributed by atoms with Gasteiger partial charge in [0.15, 0.2) is 0 Å². The Morgan fingerprint density at radius 2 is 1.90 bits per heavy atom. The lowest BCUT2D eigenvalue weighted by Gasteiger charge is -2.41. The molecule has 1 aliphatic carbocycles. The summed E-state index contributed by atoms with van der Waals surface area (Å²) < 4.78 is 11.7. The summed E-state index contributed by atoms with van der Waals surface area (Å²) in [7, 11) is 1.79. The Labute approximate surface area is 122 Å². The van der Waals surface area contributed by atoms with Gasteiger partial charge in [0.2, 0.25) is 0 Å². The molecule has 1 aromatic rings. The number of nitrogens with two attached hydrogens (primary N) is 1. The molecule has 112 valence electrons. The molecule has 0 heterocycles. The van der Waals surface area contributed by atoms with Crippen LogP contribution in [0.4, 0.5) is 0 Å². The van der Waals surface area contributed by atoms with E-state index in [1.54, 1.807) is 7.11 Å². The van der Waals surface area contributed by atoms with Crippen molar-refractivity contribution >= 4 is 0 Å². The minimum atomic E-state index is -0.232. The molecule has 0 amide bonds. The maximum Gasteiger partial charge on any atom is 0.124 e. The summed E-state index contributed by atoms with van der Waals surface area (Å²) in [5.41, 5.74) is 7.42. The maximum atomic E-state index is 6.58. The van der Waals surface area contributed by atoms with Crippen molar-refractivity contribution in [3.8, 4) is 5.75 Å². The first-order valence-corrected chi connectivity index (χ1v) is 7.76. The van der Waals surface area contributed by atoms with Gasteiger partial charge in [0.1, 0.15) is 5.75 Å². The van der Waals surface area contributed by atoms with Gasteiger partial charge < -0.3 is 15.2 Å². The van der Waals surface area contributed by atoms with E-state index >= 15 is 0 Å². The summed E-state index contributed by atoms with van der Waals surface area (Å²) in [6.07, 6.45) is 6.74. The Bertz CT molecular complexity index is 413. The van der Waals surface area contributed by atoms with Gasteiger partial charge in [-0.1, -0.05) is 44.4 Å². The highest BCUT2D eigenvalue weighted by atomic mass is 16.5. The molecule has 0 saturated heterocycles. The third kappa shape index (κ3) is 3.15. The van der Waals surface area contributed by atoms with Gasteiger partial charge in [-0.2, -0.15) is 0 Å². The zero-order valence-electron chi connectivity index (χ0n) is 12.7. The Kier molecular flexibility index (Phi) is 5.44. The molecule has 0 radical (unpaired) electrons. The highest BCUT2D eigenvalue weighted by Crippen LogP contribution is 2.42. The van der Waals surface area contributed by atoms with Crippen molar-refractivity contribution in [2.75, 3.05) is 13.7 Å². The molecule has 0 bridgehead atoms. The minimum Gasteiger partial charge on any atom is -0.493 e. The first-order chi connectivity index (χ1) is 9.73. The monoisotopic (exact) mass is 277 g/mol. The quantitative estimate of drug-likeness (QED) is 0.859. The molecule has 3 nitrogen and oxygen atoms in total. The largest absolute Gasteiger partial charge is 0.493 e. The van der Waals surface area contributed by atoms with Crippen LogP contribution in [0.5, 0.6) is 5.75 Å². The van der Waals surface area contributed by atoms with E-state index in [0.717, 1.165) is 37.2 Å². The Balaban J connectivity index is 2.24. The zero-order chi connectivity index (χ0) is 14.4. The molecule has 1 aliphatic rings. The Morgan fingerprint density at radius 3 is 2.55 bits per heavy atom. The van der Waals surface area contributed by atoms with Crippen LogP contribution in [0.15, 0.2) is 24.3 Å². The second-order valence-electron chi connectivity index (χ2n) is 5.69. The van der Waals surface area contributed by atoms with E-state index in [-0.39, 0.29) is 11.6 Å². The van der Waals surface area contributed by atoms with Crippen molar-refractivity contribution in [2.45, 2.75) is 57.1 Å². The van der Waals surface area contributed by atoms with Gasteiger partial charge in [-0.05, 0) is 25.3 Å². The van der Waals surface area contributed by atoms with Gasteiger partial charge >= 0.3 is 0 Å². The minimum absolute atomic E-state index is 0.124. The summed E-state index contributed by atoms with van der Waals surface area (Å²) in [5.74, 6) is 0.906. The third-order valence-electron chi connectivity index (χ3n) is 4.39. The highest BCUT2D eigenvalue weighted by Gasteiger charge is 2.39. The first kappa shape index (κ1) is 15.3. The average Bonchev–Trinajstić information content (AvgIpc) is 2.53. The van der Waals surface area contributed by atoms with Crippen LogP contribution in [0.3, 0.4) is 0 Å². The standard InChI is InChI=1S/C17H27NO2/c1-3-13-20-15-10-6-5-9-14(15)16(18)17(19-2)11-7-4-8-12-17/h5-6,9-10,16H,3-4,7-8,11-13,18H2,1-2H3. The van der Waals surface area contributed by atoms with Crippen molar-refractivity contribution in [1.29, 1.82) is 0 Å². The second-order valence-corrected chi connectivity index (χ2v) is 5.69. The molecule has 1 atom stereocenters. The van der Waals surface area contributed by atoms with Crippen LogP contribution in [-0.2, 0) is 4.74 Å². The molecule has 1 fully saturated rings. The number of rotatable bonds is 6. The molecule has 1 aromatic carbocycles. The molecule has 20 heavy (non-hydrogen) atoms. The van der Waals surface area contributed by atoms with Crippen LogP contribution in [0.25, 0.3) is 0 Å². The van der Waals surface area contributed by atoms with Crippen LogP contribution in [0, 0.1) is 0 Å². The summed E-state index contributed by atoms with van der Waals surface area (Å²) in [6, 6.07) is 7.99. The molecule has 0 spiro atoms. The van der Waals surface area contributed by atoms with Crippen molar-refractivity contribution in [1.82, 2.24) is 0 Å². The topological polar surface area (TPSA) is 44.5 Å². The van der Waals surface area contributed by atoms with Gasteiger partial charge in [-0.3, -0.25) is 0 Å². The predicted molar refractivity (Wildman–Crippen MR) is 82.0 cm³/mol. The Morgan fingerprint density at radius 1 is 1.20 bits per heavy atom. The molecule has 2 rings (SSSR count). The van der Waals surface area contributed by atoms with Crippen molar-refractivity contribution in [3.05, 3.63) is 29.8 Å². The van der Waals surface area contributed by atoms with Crippen LogP contribution in [0.1, 0.15) is 57.1 Å². The molecule has 1 unspecified atom stereocenters. The number of benzene rings is 1. The van der Waals surface area contributed by atoms with E-state index in [2.05, 4.69) is 13.0 Å². The van der Waals surface area contributed by atoms with Gasteiger partial charge in [-0.25, -0.2) is 0 Å². The van der Waals surface area contributed by atoms with Crippen molar-refractivity contribution < 1.29 is 9.47 Å². The van der Waals surface area contributed by atoms with Crippen LogP contribution in [0.2, 0.25) is 0 Å². The number of methoxy groups -OCH3 is 1. The van der Waals surface area contributed by atoms with E-state index in [4.69, 9.17) is 15.2 Å². The molecular formula is C17H27NO2. The lowest BCUT2D eigenvalue weighted by Crippen LogP contribution is -2.44. The van der Waals surface area contributed by atoms with Crippen molar-refractivity contribution in [3.63, 3.8) is 0 Å². The SMILES string of the molecule is CCCOc1ccccc1C(N)C1(OC)CCCCC1. The van der Waals surface area contributed by atoms with E-state index in [9.17, 15) is 0 Å². The van der Waals surface area contributed by atoms with Crippen LogP contribution < -0.4 is 10.5 Å². The summed E-state index contributed by atoms with van der Waals surface area (Å²) >= 11 is 0. The molecule has 0 aromatic heterocycles. The van der Waals surface area contributed by atoms with Gasteiger partial charge in [-0.15, -0.1) is 0 Å². The molecule has 0 aliphatic heterocycles. The third-order valence-corrected chi connectivity index (χ3v) is 4.39. The van der Waals surface area contributed by atoms with E-state index in [1.807, 2.05) is 18.2 Å². The lowest BCUT2D eigenvalue weighted by molar-refractivity contribution is -0.0600. The molecule has 2 N–H and O–H groups in total. The molecule has 1 saturated carbocycles. The first-order valence-electron chi connectivity index (χ1n) is 7.76. The Hall–Kier alpha value is -1.06. The fraction of sp³-hybridized carbons (Fsp3) is 0.647. The summed E-state index contributed by atoms with van der Waals surface area (Å²) in [4.78, 5) is 0. The number of para-hydroxylation sites is 1. The zero-order valence-corrected chi connectivity index (χ0v) is 12.7. The normalized spacial score (nSPS) is 19.6. The average molecular weight is 277 g/mol. The van der Waals surface area contributed by atoms with E-state index < -0.39 is 0 Å². The highest BCUT2D eigenvalue weighted by molar-refractivity contribution is 5.37. The van der Waals surface area contributed by atoms with Gasteiger partial charge in [0.05, 0.1) is 18.2 Å². The van der Waals surface area contributed by atoms with Crippen LogP contribution >= 0.6 is 0 Å². The van der Waals surface area contributed by atoms with E-state index in [0.29, 0.717) is 0 Å². The lowest BCUT2D eigenvalue weighted by atomic mass is 9.77. The fourth-order valence-electron chi connectivity index (χ4n) is 3.16. The smallest absolute Gasteiger partial charge is 0.124 e. The number of hydrogen-bond donors (Lipinski definition) is 1. The van der Waals surface area contributed by atoms with E-state index in [1.165, 1.54) is 19.3 Å². The fourth-order valence-corrected chi connectivity index (χ4v) is 3.16. The predicted octanol–water partition coefficient (Wildman–Crippen LogP) is 3.82. The van der Waals surface area contributed by atoms with Crippen LogP contribution in [-0.4, -0.2) is 19.3 Å². The molecule has 3 heteroatoms. The molecular weight excluding hydrogens is 250 g/mol.